The molecule has 0 aromatic rings. The number of hydrogen-bond donors (Lipinski definition) is 1. The van der Waals surface area contributed by atoms with E-state index in [4.69, 9.17) is 4.74 Å². The fraction of sp³-hybridized carbons (Fsp3) is 0.900. The molecule has 2 heterocycles. The molecule has 14 heavy (non-hydrogen) atoms. The van der Waals surface area contributed by atoms with E-state index in [-0.39, 0.29) is 5.54 Å². The second kappa shape index (κ2) is 2.94. The highest BCUT2D eigenvalue weighted by molar-refractivity contribution is 5.91. The Morgan fingerprint density at radius 2 is 2.43 bits per heavy atom. The SMILES string of the molecule is O=C1N(CC2CCOC2)CNC12CC2. The summed E-state index contributed by atoms with van der Waals surface area (Å²) < 4.78 is 5.31. The van der Waals surface area contributed by atoms with Crippen molar-refractivity contribution in [2.75, 3.05) is 26.4 Å². The largest absolute Gasteiger partial charge is 0.381 e. The van der Waals surface area contributed by atoms with Crippen LogP contribution in [-0.2, 0) is 9.53 Å². The van der Waals surface area contributed by atoms with E-state index < -0.39 is 0 Å². The van der Waals surface area contributed by atoms with Crippen molar-refractivity contribution in [1.29, 1.82) is 0 Å². The summed E-state index contributed by atoms with van der Waals surface area (Å²) in [7, 11) is 0. The van der Waals surface area contributed by atoms with Gasteiger partial charge in [-0.05, 0) is 19.3 Å². The van der Waals surface area contributed by atoms with Crippen LogP contribution in [0.2, 0.25) is 0 Å². The first-order valence-corrected chi connectivity index (χ1v) is 5.42. The van der Waals surface area contributed by atoms with Gasteiger partial charge in [0, 0.05) is 19.1 Å². The Labute approximate surface area is 83.6 Å². The molecule has 1 atom stereocenters. The van der Waals surface area contributed by atoms with Crippen molar-refractivity contribution in [3.05, 3.63) is 0 Å². The monoisotopic (exact) mass is 196 g/mol. The first kappa shape index (κ1) is 8.68. The second-order valence-electron chi connectivity index (χ2n) is 4.67. The van der Waals surface area contributed by atoms with Crippen molar-refractivity contribution in [3.63, 3.8) is 0 Å². The van der Waals surface area contributed by atoms with Crippen LogP contribution in [-0.4, -0.2) is 42.8 Å². The van der Waals surface area contributed by atoms with Gasteiger partial charge in [0.25, 0.3) is 0 Å². The van der Waals surface area contributed by atoms with Crippen LogP contribution in [0, 0.1) is 5.92 Å². The normalized spacial score (nSPS) is 34.4. The Morgan fingerprint density at radius 3 is 3.00 bits per heavy atom. The van der Waals surface area contributed by atoms with E-state index in [1.165, 1.54) is 0 Å². The molecule has 1 aliphatic carbocycles. The first-order chi connectivity index (χ1) is 6.80. The molecule has 3 rings (SSSR count). The number of nitrogens with one attached hydrogen (secondary N) is 1. The third-order valence-electron chi connectivity index (χ3n) is 3.56. The van der Waals surface area contributed by atoms with Gasteiger partial charge in [-0.2, -0.15) is 0 Å². The van der Waals surface area contributed by atoms with E-state index in [1.54, 1.807) is 0 Å². The summed E-state index contributed by atoms with van der Waals surface area (Å²) >= 11 is 0. The molecule has 1 saturated carbocycles. The van der Waals surface area contributed by atoms with Crippen LogP contribution in [0.4, 0.5) is 0 Å². The summed E-state index contributed by atoms with van der Waals surface area (Å²) in [6.07, 6.45) is 3.17. The van der Waals surface area contributed by atoms with Gasteiger partial charge in [0.05, 0.1) is 18.8 Å². The summed E-state index contributed by atoms with van der Waals surface area (Å²) in [5.74, 6) is 0.888. The zero-order valence-corrected chi connectivity index (χ0v) is 8.29. The molecule has 4 heteroatoms. The maximum atomic E-state index is 11.9. The number of carbonyl (C=O) groups excluding carboxylic acids is 1. The van der Waals surface area contributed by atoms with Gasteiger partial charge >= 0.3 is 0 Å². The number of nitrogens with zero attached hydrogens (tertiary/aromatic N) is 1. The molecule has 78 valence electrons. The van der Waals surface area contributed by atoms with Gasteiger partial charge in [0.1, 0.15) is 0 Å². The minimum Gasteiger partial charge on any atom is -0.381 e. The molecule has 0 aromatic heterocycles. The van der Waals surface area contributed by atoms with Crippen molar-refractivity contribution in [3.8, 4) is 0 Å². The molecule has 3 aliphatic rings. The van der Waals surface area contributed by atoms with E-state index in [0.717, 1.165) is 45.7 Å². The molecular formula is C10H16N2O2. The van der Waals surface area contributed by atoms with Gasteiger partial charge < -0.3 is 9.64 Å². The molecule has 4 nitrogen and oxygen atoms in total. The lowest BCUT2D eigenvalue weighted by atomic mass is 10.1. The third kappa shape index (κ3) is 1.25. The van der Waals surface area contributed by atoms with E-state index in [1.807, 2.05) is 4.90 Å². The molecule has 1 spiro atoms. The average molecular weight is 196 g/mol. The fourth-order valence-electron chi connectivity index (χ4n) is 2.40. The molecule has 1 unspecified atom stereocenters. The minimum atomic E-state index is -0.126. The van der Waals surface area contributed by atoms with Crippen molar-refractivity contribution in [2.45, 2.75) is 24.8 Å². The molecule has 0 radical (unpaired) electrons. The maximum Gasteiger partial charge on any atom is 0.243 e. The van der Waals surface area contributed by atoms with E-state index in [9.17, 15) is 4.79 Å². The summed E-state index contributed by atoms with van der Waals surface area (Å²) in [4.78, 5) is 13.9. The number of ether oxygens (including phenoxy) is 1. The van der Waals surface area contributed by atoms with Crippen LogP contribution in [0.15, 0.2) is 0 Å². The number of rotatable bonds is 2. The van der Waals surface area contributed by atoms with Gasteiger partial charge in [0.2, 0.25) is 5.91 Å². The first-order valence-electron chi connectivity index (χ1n) is 5.42. The molecule has 1 N–H and O–H groups in total. The maximum absolute atomic E-state index is 11.9. The number of hydrogen-bond acceptors (Lipinski definition) is 3. The summed E-state index contributed by atoms with van der Waals surface area (Å²) in [5.41, 5.74) is -0.126. The zero-order chi connectivity index (χ0) is 9.60. The Morgan fingerprint density at radius 1 is 1.57 bits per heavy atom. The predicted molar refractivity (Wildman–Crippen MR) is 50.6 cm³/mol. The quantitative estimate of drug-likeness (QED) is 0.673. The van der Waals surface area contributed by atoms with Gasteiger partial charge in [-0.1, -0.05) is 0 Å². The predicted octanol–water partition coefficient (Wildman–Crippen LogP) is -0.0552. The van der Waals surface area contributed by atoms with Crippen molar-refractivity contribution >= 4 is 5.91 Å². The van der Waals surface area contributed by atoms with E-state index >= 15 is 0 Å². The van der Waals surface area contributed by atoms with Gasteiger partial charge in [0.15, 0.2) is 0 Å². The van der Waals surface area contributed by atoms with Crippen LogP contribution in [0.25, 0.3) is 0 Å². The van der Waals surface area contributed by atoms with Crippen LogP contribution in [0.3, 0.4) is 0 Å². The highest BCUT2D eigenvalue weighted by Gasteiger charge is 2.55. The number of amides is 1. The molecule has 3 fully saturated rings. The smallest absolute Gasteiger partial charge is 0.243 e. The van der Waals surface area contributed by atoms with Gasteiger partial charge in [-0.15, -0.1) is 0 Å². The zero-order valence-electron chi connectivity index (χ0n) is 8.29. The van der Waals surface area contributed by atoms with Crippen molar-refractivity contribution in [1.82, 2.24) is 10.2 Å². The molecule has 2 aliphatic heterocycles. The van der Waals surface area contributed by atoms with Crippen molar-refractivity contribution < 1.29 is 9.53 Å². The lowest BCUT2D eigenvalue weighted by Crippen LogP contribution is -2.35. The van der Waals surface area contributed by atoms with Crippen LogP contribution in [0.5, 0.6) is 0 Å². The Hall–Kier alpha value is -0.610. The second-order valence-corrected chi connectivity index (χ2v) is 4.67. The molecular weight excluding hydrogens is 180 g/mol. The van der Waals surface area contributed by atoms with Crippen LogP contribution in [0.1, 0.15) is 19.3 Å². The molecule has 1 amide bonds. The molecule has 0 aromatic carbocycles. The third-order valence-corrected chi connectivity index (χ3v) is 3.56. The Balaban J connectivity index is 1.60. The Kier molecular flexibility index (Phi) is 1.82. The molecule has 2 saturated heterocycles. The van der Waals surface area contributed by atoms with Crippen LogP contribution >= 0.6 is 0 Å². The Bertz CT molecular complexity index is 257. The highest BCUT2D eigenvalue weighted by atomic mass is 16.5. The fourth-order valence-corrected chi connectivity index (χ4v) is 2.40. The van der Waals surface area contributed by atoms with Gasteiger partial charge in [-0.3, -0.25) is 10.1 Å². The summed E-state index contributed by atoms with van der Waals surface area (Å²) in [5, 5.41) is 3.32. The van der Waals surface area contributed by atoms with Crippen LogP contribution < -0.4 is 5.32 Å². The average Bonchev–Trinajstić information content (AvgIpc) is 2.69. The summed E-state index contributed by atoms with van der Waals surface area (Å²) in [6.45, 7) is 3.32. The lowest BCUT2D eigenvalue weighted by Gasteiger charge is -2.18. The summed E-state index contributed by atoms with van der Waals surface area (Å²) in [6, 6.07) is 0. The van der Waals surface area contributed by atoms with E-state index in [2.05, 4.69) is 5.32 Å². The van der Waals surface area contributed by atoms with E-state index in [0.29, 0.717) is 11.8 Å². The van der Waals surface area contributed by atoms with Crippen molar-refractivity contribution in [2.24, 2.45) is 5.92 Å². The molecule has 0 bridgehead atoms. The minimum absolute atomic E-state index is 0.126. The highest BCUT2D eigenvalue weighted by Crippen LogP contribution is 2.40. The van der Waals surface area contributed by atoms with Gasteiger partial charge in [-0.25, -0.2) is 0 Å². The topological polar surface area (TPSA) is 41.6 Å². The lowest BCUT2D eigenvalue weighted by molar-refractivity contribution is -0.130. The number of carbonyl (C=O) groups is 1. The standard InChI is InChI=1S/C10H16N2O2/c13-9-10(2-3-10)11-7-12(9)5-8-1-4-14-6-8/h8,11H,1-7H2.